The number of methoxy groups -OCH3 is 1. The van der Waals surface area contributed by atoms with Crippen molar-refractivity contribution >= 4 is 39.1 Å². The van der Waals surface area contributed by atoms with Crippen molar-refractivity contribution in [1.29, 1.82) is 5.26 Å². The molecule has 0 unspecified atom stereocenters. The van der Waals surface area contributed by atoms with E-state index in [0.717, 1.165) is 5.56 Å². The fraction of sp³-hybridized carbons (Fsp3) is 0.133. The van der Waals surface area contributed by atoms with E-state index < -0.39 is 0 Å². The molecule has 108 valence electrons. The van der Waals surface area contributed by atoms with Crippen LogP contribution in [-0.2, 0) is 6.61 Å². The molecule has 0 aliphatic carbocycles. The van der Waals surface area contributed by atoms with E-state index in [-0.39, 0.29) is 6.61 Å². The van der Waals surface area contributed by atoms with E-state index in [1.807, 2.05) is 0 Å². The molecule has 0 saturated heterocycles. The normalized spacial score (nSPS) is 10.0. The molecule has 0 amide bonds. The number of hydrogen-bond donors (Lipinski definition) is 0. The van der Waals surface area contributed by atoms with Crippen LogP contribution >= 0.6 is 39.1 Å². The Balaban J connectivity index is 2.23. The summed E-state index contributed by atoms with van der Waals surface area (Å²) in [7, 11) is 1.52. The average molecular weight is 387 g/mol. The molecule has 3 nitrogen and oxygen atoms in total. The highest BCUT2D eigenvalue weighted by atomic mass is 79.9. The maximum Gasteiger partial charge on any atom is 0.162 e. The molecular formula is C15H10BrCl2NO2. The molecule has 0 aliphatic heterocycles. The summed E-state index contributed by atoms with van der Waals surface area (Å²) in [5.74, 6) is 1.01. The molecule has 0 radical (unpaired) electrons. The van der Waals surface area contributed by atoms with Gasteiger partial charge in [0.1, 0.15) is 12.7 Å². The van der Waals surface area contributed by atoms with Crippen molar-refractivity contribution < 1.29 is 9.47 Å². The molecule has 0 fully saturated rings. The van der Waals surface area contributed by atoms with Gasteiger partial charge in [-0.1, -0.05) is 29.3 Å². The van der Waals surface area contributed by atoms with Crippen LogP contribution in [-0.4, -0.2) is 7.11 Å². The van der Waals surface area contributed by atoms with Gasteiger partial charge in [-0.05, 0) is 34.1 Å². The lowest BCUT2D eigenvalue weighted by atomic mass is 10.2. The molecular weight excluding hydrogens is 377 g/mol. The number of nitrogens with zero attached hydrogens (tertiary/aromatic N) is 1. The lowest BCUT2D eigenvalue weighted by molar-refractivity contribution is 0.284. The predicted octanol–water partition coefficient (Wildman–Crippen LogP) is 5.22. The lowest BCUT2D eigenvalue weighted by Crippen LogP contribution is -1.99. The van der Waals surface area contributed by atoms with Crippen LogP contribution in [0.1, 0.15) is 11.1 Å². The third-order valence-corrected chi connectivity index (χ3v) is 4.02. The van der Waals surface area contributed by atoms with Crippen LogP contribution in [0.25, 0.3) is 0 Å². The van der Waals surface area contributed by atoms with Crippen LogP contribution in [0.3, 0.4) is 0 Å². The summed E-state index contributed by atoms with van der Waals surface area (Å²) in [6.07, 6.45) is 0. The van der Waals surface area contributed by atoms with Crippen molar-refractivity contribution in [3.8, 4) is 17.6 Å². The number of nitriles is 1. The first-order valence-electron chi connectivity index (χ1n) is 5.89. The molecule has 0 aliphatic rings. The van der Waals surface area contributed by atoms with E-state index in [2.05, 4.69) is 22.0 Å². The summed E-state index contributed by atoms with van der Waals surface area (Å²) in [6, 6.07) is 10.6. The molecule has 2 rings (SSSR count). The predicted molar refractivity (Wildman–Crippen MR) is 86.2 cm³/mol. The van der Waals surface area contributed by atoms with Crippen LogP contribution in [0.15, 0.2) is 34.8 Å². The molecule has 0 aromatic heterocycles. The van der Waals surface area contributed by atoms with Gasteiger partial charge in [0.25, 0.3) is 0 Å². The number of rotatable bonds is 4. The highest BCUT2D eigenvalue weighted by molar-refractivity contribution is 9.10. The average Bonchev–Trinajstić information content (AvgIpc) is 2.46. The van der Waals surface area contributed by atoms with Crippen LogP contribution in [0.4, 0.5) is 0 Å². The highest BCUT2D eigenvalue weighted by Gasteiger charge is 2.11. The minimum Gasteiger partial charge on any atom is -0.493 e. The fourth-order valence-electron chi connectivity index (χ4n) is 1.69. The van der Waals surface area contributed by atoms with Gasteiger partial charge in [0.05, 0.1) is 12.7 Å². The quantitative estimate of drug-likeness (QED) is 0.723. The van der Waals surface area contributed by atoms with Crippen molar-refractivity contribution in [2.45, 2.75) is 6.61 Å². The van der Waals surface area contributed by atoms with E-state index in [9.17, 15) is 0 Å². The summed E-state index contributed by atoms with van der Waals surface area (Å²) in [5, 5.41) is 10.1. The molecule has 0 heterocycles. The number of hydrogen-bond acceptors (Lipinski definition) is 3. The van der Waals surface area contributed by atoms with Crippen LogP contribution in [0.5, 0.6) is 11.5 Å². The summed E-state index contributed by atoms with van der Waals surface area (Å²) < 4.78 is 11.6. The lowest BCUT2D eigenvalue weighted by Gasteiger charge is -2.12. The standard InChI is InChI=1S/C15H10BrCl2NO2/c1-20-14-4-10(7-19)12(16)6-15(14)21-8-9-2-3-11(17)5-13(9)18/h2-6H,8H2,1H3. The van der Waals surface area contributed by atoms with Crippen molar-refractivity contribution in [2.75, 3.05) is 7.11 Å². The van der Waals surface area contributed by atoms with Gasteiger partial charge in [-0.2, -0.15) is 5.26 Å². The topological polar surface area (TPSA) is 42.2 Å². The molecule has 2 aromatic rings. The first-order chi connectivity index (χ1) is 10.0. The smallest absolute Gasteiger partial charge is 0.162 e. The second-order valence-electron chi connectivity index (χ2n) is 4.12. The fourth-order valence-corrected chi connectivity index (χ4v) is 2.56. The van der Waals surface area contributed by atoms with Crippen molar-refractivity contribution in [2.24, 2.45) is 0 Å². The third-order valence-electron chi connectivity index (χ3n) is 2.77. The molecule has 0 N–H and O–H groups in total. The molecule has 6 heteroatoms. The largest absolute Gasteiger partial charge is 0.493 e. The van der Waals surface area contributed by atoms with E-state index in [4.69, 9.17) is 37.9 Å². The van der Waals surface area contributed by atoms with Crippen molar-refractivity contribution in [3.05, 3.63) is 56.0 Å². The summed E-state index contributed by atoms with van der Waals surface area (Å²) in [6.45, 7) is 0.269. The Labute approximate surface area is 141 Å². The second-order valence-corrected chi connectivity index (χ2v) is 5.82. The zero-order chi connectivity index (χ0) is 15.4. The van der Waals surface area contributed by atoms with Crippen LogP contribution < -0.4 is 9.47 Å². The van der Waals surface area contributed by atoms with Crippen LogP contribution in [0, 0.1) is 11.3 Å². The van der Waals surface area contributed by atoms with Gasteiger partial charge < -0.3 is 9.47 Å². The Morgan fingerprint density at radius 2 is 1.95 bits per heavy atom. The molecule has 0 saturated carbocycles. The zero-order valence-electron chi connectivity index (χ0n) is 11.0. The Kier molecular flexibility index (Phi) is 5.35. The molecule has 2 aromatic carbocycles. The Morgan fingerprint density at radius 3 is 2.57 bits per heavy atom. The number of halogens is 3. The Morgan fingerprint density at radius 1 is 1.19 bits per heavy atom. The first-order valence-corrected chi connectivity index (χ1v) is 7.44. The van der Waals surface area contributed by atoms with Gasteiger partial charge in [0.2, 0.25) is 0 Å². The zero-order valence-corrected chi connectivity index (χ0v) is 14.1. The minimum atomic E-state index is 0.269. The van der Waals surface area contributed by atoms with E-state index in [1.165, 1.54) is 7.11 Å². The Bertz CT molecular complexity index is 714. The van der Waals surface area contributed by atoms with Gasteiger partial charge in [0, 0.05) is 26.1 Å². The maximum absolute atomic E-state index is 8.99. The first kappa shape index (κ1) is 16.0. The van der Waals surface area contributed by atoms with Crippen molar-refractivity contribution in [3.63, 3.8) is 0 Å². The third kappa shape index (κ3) is 3.82. The van der Waals surface area contributed by atoms with Crippen LogP contribution in [0.2, 0.25) is 10.0 Å². The van der Waals surface area contributed by atoms with Gasteiger partial charge in [-0.3, -0.25) is 0 Å². The van der Waals surface area contributed by atoms with Gasteiger partial charge >= 0.3 is 0 Å². The van der Waals surface area contributed by atoms with E-state index in [1.54, 1.807) is 30.3 Å². The summed E-state index contributed by atoms with van der Waals surface area (Å²) in [5.41, 5.74) is 1.28. The minimum absolute atomic E-state index is 0.269. The van der Waals surface area contributed by atoms with Gasteiger partial charge in [0.15, 0.2) is 11.5 Å². The van der Waals surface area contributed by atoms with Gasteiger partial charge in [-0.25, -0.2) is 0 Å². The maximum atomic E-state index is 8.99. The monoisotopic (exact) mass is 385 g/mol. The highest BCUT2D eigenvalue weighted by Crippen LogP contribution is 2.34. The second kappa shape index (κ2) is 7.04. The molecule has 0 spiro atoms. The Hall–Kier alpha value is -1.41. The van der Waals surface area contributed by atoms with E-state index >= 15 is 0 Å². The molecule has 21 heavy (non-hydrogen) atoms. The number of ether oxygens (including phenoxy) is 2. The SMILES string of the molecule is COc1cc(C#N)c(Br)cc1OCc1ccc(Cl)cc1Cl. The summed E-state index contributed by atoms with van der Waals surface area (Å²) >= 11 is 15.3. The van der Waals surface area contributed by atoms with Gasteiger partial charge in [-0.15, -0.1) is 0 Å². The van der Waals surface area contributed by atoms with E-state index in [0.29, 0.717) is 31.6 Å². The summed E-state index contributed by atoms with van der Waals surface area (Å²) in [4.78, 5) is 0. The molecule has 0 bridgehead atoms. The molecule has 0 atom stereocenters. The van der Waals surface area contributed by atoms with Crippen molar-refractivity contribution in [1.82, 2.24) is 0 Å². The number of benzene rings is 2.